The summed E-state index contributed by atoms with van der Waals surface area (Å²) in [5.74, 6) is -1.60. The molecule has 166 valence electrons. The van der Waals surface area contributed by atoms with Gasteiger partial charge < -0.3 is 10.1 Å². The first-order chi connectivity index (χ1) is 14.3. The van der Waals surface area contributed by atoms with Gasteiger partial charge >= 0.3 is 5.97 Å². The predicted molar refractivity (Wildman–Crippen MR) is 113 cm³/mol. The number of ether oxygens (including phenoxy) is 1. The van der Waals surface area contributed by atoms with E-state index in [0.717, 1.165) is 0 Å². The Hall–Kier alpha value is -3.31. The van der Waals surface area contributed by atoms with Crippen LogP contribution in [0.4, 0.5) is 11.4 Å². The van der Waals surface area contributed by atoms with Crippen molar-refractivity contribution >= 4 is 33.3 Å². The van der Waals surface area contributed by atoms with Crippen molar-refractivity contribution in [3.63, 3.8) is 0 Å². The molecule has 0 heterocycles. The van der Waals surface area contributed by atoms with Crippen LogP contribution in [-0.4, -0.2) is 37.4 Å². The van der Waals surface area contributed by atoms with Crippen molar-refractivity contribution in [2.75, 3.05) is 11.9 Å². The Kier molecular flexibility index (Phi) is 7.13. The summed E-state index contributed by atoms with van der Waals surface area (Å²) in [7, 11) is -3.76. The molecule has 2 rings (SSSR count). The van der Waals surface area contributed by atoms with E-state index in [2.05, 4.69) is 10.0 Å². The van der Waals surface area contributed by atoms with Gasteiger partial charge in [-0.3, -0.25) is 14.9 Å². The van der Waals surface area contributed by atoms with Crippen LogP contribution in [0, 0.1) is 17.0 Å². The highest BCUT2D eigenvalue weighted by Crippen LogP contribution is 2.27. The molecule has 0 aromatic heterocycles. The molecule has 10 nitrogen and oxygen atoms in total. The number of amides is 1. The third kappa shape index (κ3) is 6.59. The predicted octanol–water partition coefficient (Wildman–Crippen LogP) is 2.78. The Morgan fingerprint density at radius 1 is 1.10 bits per heavy atom. The van der Waals surface area contributed by atoms with Gasteiger partial charge in [0.1, 0.15) is 5.69 Å². The number of hydrogen-bond acceptors (Lipinski definition) is 7. The van der Waals surface area contributed by atoms with Gasteiger partial charge in [0, 0.05) is 11.6 Å². The monoisotopic (exact) mass is 449 g/mol. The number of nitrogens with zero attached hydrogens (tertiary/aromatic N) is 1. The lowest BCUT2D eigenvalue weighted by Crippen LogP contribution is -2.40. The van der Waals surface area contributed by atoms with Gasteiger partial charge in [0.2, 0.25) is 10.0 Å². The number of hydrogen-bond donors (Lipinski definition) is 2. The normalized spacial score (nSPS) is 11.6. The molecule has 2 aromatic carbocycles. The number of nitro groups is 1. The van der Waals surface area contributed by atoms with Gasteiger partial charge in [0.15, 0.2) is 6.61 Å². The Bertz CT molecular complexity index is 1100. The van der Waals surface area contributed by atoms with E-state index in [4.69, 9.17) is 4.74 Å². The van der Waals surface area contributed by atoms with Gasteiger partial charge in [0.05, 0.1) is 15.4 Å². The zero-order valence-corrected chi connectivity index (χ0v) is 18.3. The maximum absolute atomic E-state index is 12.3. The molecular weight excluding hydrogens is 426 g/mol. The van der Waals surface area contributed by atoms with E-state index in [9.17, 15) is 28.1 Å². The van der Waals surface area contributed by atoms with Crippen molar-refractivity contribution in [3.8, 4) is 0 Å². The molecule has 0 fully saturated rings. The van der Waals surface area contributed by atoms with Crippen LogP contribution in [0.25, 0.3) is 0 Å². The third-order valence-corrected chi connectivity index (χ3v) is 5.66. The molecule has 0 spiro atoms. The highest BCUT2D eigenvalue weighted by molar-refractivity contribution is 7.89. The van der Waals surface area contributed by atoms with Crippen LogP contribution in [0.5, 0.6) is 0 Å². The molecule has 0 aliphatic carbocycles. The molecule has 0 bridgehead atoms. The molecule has 2 aromatic rings. The molecule has 11 heteroatoms. The zero-order chi connectivity index (χ0) is 23.4. The van der Waals surface area contributed by atoms with E-state index in [0.29, 0.717) is 5.56 Å². The van der Waals surface area contributed by atoms with Crippen LogP contribution in [-0.2, 0) is 19.6 Å². The number of carbonyl (C=O) groups is 2. The first-order valence-corrected chi connectivity index (χ1v) is 10.6. The van der Waals surface area contributed by atoms with Gasteiger partial charge in [-0.05, 0) is 57.5 Å². The molecular formula is C20H23N3O7S. The molecule has 0 aliphatic heterocycles. The lowest BCUT2D eigenvalue weighted by molar-refractivity contribution is -0.384. The summed E-state index contributed by atoms with van der Waals surface area (Å²) in [5.41, 5.74) is -0.399. The lowest BCUT2D eigenvalue weighted by Gasteiger charge is -2.20. The highest BCUT2D eigenvalue weighted by atomic mass is 32.2. The minimum atomic E-state index is -3.76. The number of sulfonamides is 1. The second-order valence-corrected chi connectivity index (χ2v) is 9.41. The number of carbonyl (C=O) groups excluding carboxylic acids is 2. The van der Waals surface area contributed by atoms with Crippen molar-refractivity contribution in [3.05, 3.63) is 63.7 Å². The van der Waals surface area contributed by atoms with Gasteiger partial charge in [-0.15, -0.1) is 0 Å². The summed E-state index contributed by atoms with van der Waals surface area (Å²) < 4.78 is 32.0. The SMILES string of the molecule is Cc1cccc([N+](=O)[O-])c1NC(=O)COC(=O)c1ccc(S(=O)(=O)NC(C)(C)C)cc1. The van der Waals surface area contributed by atoms with E-state index in [1.165, 1.54) is 36.4 Å². The lowest BCUT2D eigenvalue weighted by atomic mass is 10.1. The van der Waals surface area contributed by atoms with E-state index in [-0.39, 0.29) is 21.8 Å². The minimum Gasteiger partial charge on any atom is -0.452 e. The van der Waals surface area contributed by atoms with Crippen LogP contribution in [0.1, 0.15) is 36.7 Å². The molecule has 0 saturated heterocycles. The van der Waals surface area contributed by atoms with Gasteiger partial charge in [-0.2, -0.15) is 0 Å². The molecule has 1 amide bonds. The summed E-state index contributed by atoms with van der Waals surface area (Å²) >= 11 is 0. The molecule has 0 saturated carbocycles. The van der Waals surface area contributed by atoms with E-state index >= 15 is 0 Å². The first kappa shape index (κ1) is 24.0. The topological polar surface area (TPSA) is 145 Å². The number of nitrogens with one attached hydrogen (secondary N) is 2. The second-order valence-electron chi connectivity index (χ2n) is 7.73. The van der Waals surface area contributed by atoms with Crippen molar-refractivity contribution < 1.29 is 27.7 Å². The molecule has 0 atom stereocenters. The quantitative estimate of drug-likeness (QED) is 0.375. The smallest absolute Gasteiger partial charge is 0.338 e. The van der Waals surface area contributed by atoms with Gasteiger partial charge in [-0.1, -0.05) is 12.1 Å². The molecule has 2 N–H and O–H groups in total. The third-order valence-electron chi connectivity index (χ3n) is 3.89. The van der Waals surface area contributed by atoms with Gasteiger partial charge in [0.25, 0.3) is 11.6 Å². The Balaban J connectivity index is 2.02. The summed E-state index contributed by atoms with van der Waals surface area (Å²) in [6, 6.07) is 9.37. The highest BCUT2D eigenvalue weighted by Gasteiger charge is 2.23. The Labute approximate surface area is 179 Å². The van der Waals surface area contributed by atoms with Crippen molar-refractivity contribution in [1.29, 1.82) is 0 Å². The van der Waals surface area contributed by atoms with Crippen LogP contribution in [0.2, 0.25) is 0 Å². The minimum absolute atomic E-state index is 0.0226. The zero-order valence-electron chi connectivity index (χ0n) is 17.5. The Morgan fingerprint density at radius 3 is 2.26 bits per heavy atom. The average molecular weight is 449 g/mol. The van der Waals surface area contributed by atoms with E-state index < -0.39 is 39.0 Å². The number of para-hydroxylation sites is 1. The number of nitro benzene ring substituents is 1. The molecule has 0 unspecified atom stereocenters. The number of esters is 1. The summed E-state index contributed by atoms with van der Waals surface area (Å²) in [6.45, 7) is 6.03. The molecule has 0 radical (unpaired) electrons. The maximum atomic E-state index is 12.3. The number of aryl methyl sites for hydroxylation is 1. The van der Waals surface area contributed by atoms with E-state index in [1.54, 1.807) is 33.8 Å². The number of rotatable bonds is 7. The maximum Gasteiger partial charge on any atom is 0.338 e. The Morgan fingerprint density at radius 2 is 1.71 bits per heavy atom. The molecule has 31 heavy (non-hydrogen) atoms. The van der Waals surface area contributed by atoms with Crippen molar-refractivity contribution in [1.82, 2.24) is 4.72 Å². The number of benzene rings is 2. The largest absolute Gasteiger partial charge is 0.452 e. The summed E-state index contributed by atoms with van der Waals surface area (Å²) in [6.07, 6.45) is 0. The van der Waals surface area contributed by atoms with Crippen LogP contribution < -0.4 is 10.0 Å². The fraction of sp³-hybridized carbons (Fsp3) is 0.300. The number of anilines is 1. The first-order valence-electron chi connectivity index (χ1n) is 9.15. The van der Waals surface area contributed by atoms with Crippen molar-refractivity contribution in [2.24, 2.45) is 0 Å². The summed E-state index contributed by atoms with van der Waals surface area (Å²) in [4.78, 5) is 34.7. The van der Waals surface area contributed by atoms with Crippen molar-refractivity contribution in [2.45, 2.75) is 38.1 Å². The standard InChI is InChI=1S/C20H23N3O7S/c1-13-6-5-7-16(23(26)27)18(13)21-17(24)12-30-19(25)14-8-10-15(11-9-14)31(28,29)22-20(2,3)4/h5-11,22H,12H2,1-4H3,(H,21,24). The van der Waals surface area contributed by atoms with Crippen LogP contribution >= 0.6 is 0 Å². The fourth-order valence-electron chi connectivity index (χ4n) is 2.59. The fourth-order valence-corrected chi connectivity index (χ4v) is 4.01. The van der Waals surface area contributed by atoms with Crippen LogP contribution in [0.15, 0.2) is 47.4 Å². The van der Waals surface area contributed by atoms with Gasteiger partial charge in [-0.25, -0.2) is 17.9 Å². The summed E-state index contributed by atoms with van der Waals surface area (Å²) in [5, 5.41) is 13.5. The van der Waals surface area contributed by atoms with E-state index in [1.807, 2.05) is 0 Å². The average Bonchev–Trinajstić information content (AvgIpc) is 2.65. The molecule has 0 aliphatic rings. The van der Waals surface area contributed by atoms with Crippen LogP contribution in [0.3, 0.4) is 0 Å². The second kappa shape index (κ2) is 9.23.